The SMILES string of the molecule is CC(=O)[C@@H](C)c1ccccc1NC(=O)OC(C)(C)C. The number of benzene rings is 1. The van der Waals surface area contributed by atoms with E-state index in [4.69, 9.17) is 4.74 Å². The summed E-state index contributed by atoms with van der Waals surface area (Å²) in [5.74, 6) is -0.204. The molecule has 0 bridgehead atoms. The lowest BCUT2D eigenvalue weighted by atomic mass is 9.96. The van der Waals surface area contributed by atoms with Gasteiger partial charge in [0.2, 0.25) is 0 Å². The molecule has 0 aromatic heterocycles. The Bertz CT molecular complexity index is 475. The molecule has 19 heavy (non-hydrogen) atoms. The van der Waals surface area contributed by atoms with Crippen LogP contribution in [0.25, 0.3) is 0 Å². The zero-order valence-electron chi connectivity index (χ0n) is 12.1. The monoisotopic (exact) mass is 263 g/mol. The third kappa shape index (κ3) is 4.73. The van der Waals surface area contributed by atoms with Crippen molar-refractivity contribution >= 4 is 17.6 Å². The molecule has 1 aromatic rings. The fraction of sp³-hybridized carbons (Fsp3) is 0.467. The normalized spacial score (nSPS) is 12.7. The molecule has 0 aliphatic carbocycles. The molecule has 1 rings (SSSR count). The topological polar surface area (TPSA) is 55.4 Å². The van der Waals surface area contributed by atoms with Gasteiger partial charge in [-0.2, -0.15) is 0 Å². The molecule has 0 radical (unpaired) electrons. The average Bonchev–Trinajstić information content (AvgIpc) is 2.26. The highest BCUT2D eigenvalue weighted by Gasteiger charge is 2.19. The Morgan fingerprint density at radius 2 is 1.79 bits per heavy atom. The maximum absolute atomic E-state index is 11.8. The first-order valence-electron chi connectivity index (χ1n) is 6.30. The van der Waals surface area contributed by atoms with Crippen molar-refractivity contribution in [2.75, 3.05) is 5.32 Å². The Kier molecular flexibility index (Phi) is 4.70. The van der Waals surface area contributed by atoms with Crippen LogP contribution in [-0.2, 0) is 9.53 Å². The molecule has 1 atom stereocenters. The Hall–Kier alpha value is -1.84. The molecule has 4 nitrogen and oxygen atoms in total. The van der Waals surface area contributed by atoms with Crippen molar-refractivity contribution in [3.8, 4) is 0 Å². The van der Waals surface area contributed by atoms with E-state index in [0.29, 0.717) is 5.69 Å². The predicted molar refractivity (Wildman–Crippen MR) is 75.4 cm³/mol. The van der Waals surface area contributed by atoms with Crippen LogP contribution in [0.5, 0.6) is 0 Å². The molecule has 104 valence electrons. The number of ether oxygens (including phenoxy) is 1. The Labute approximate surface area is 114 Å². The second-order valence-electron chi connectivity index (χ2n) is 5.55. The standard InChI is InChI=1S/C15H21NO3/c1-10(11(2)17)12-8-6-7-9-13(12)16-14(18)19-15(3,4)5/h6-10H,1-5H3,(H,16,18)/t10-/m1/s1. The number of anilines is 1. The van der Waals surface area contributed by atoms with Gasteiger partial charge < -0.3 is 4.74 Å². The van der Waals surface area contributed by atoms with E-state index >= 15 is 0 Å². The van der Waals surface area contributed by atoms with Crippen molar-refractivity contribution in [3.63, 3.8) is 0 Å². The van der Waals surface area contributed by atoms with Crippen LogP contribution in [-0.4, -0.2) is 17.5 Å². The molecule has 0 saturated heterocycles. The van der Waals surface area contributed by atoms with Crippen LogP contribution in [0.15, 0.2) is 24.3 Å². The summed E-state index contributed by atoms with van der Waals surface area (Å²) in [5.41, 5.74) is 0.853. The average molecular weight is 263 g/mol. The molecule has 4 heteroatoms. The molecule has 0 unspecified atom stereocenters. The van der Waals surface area contributed by atoms with Crippen LogP contribution in [0.2, 0.25) is 0 Å². The molecule has 1 amide bonds. The van der Waals surface area contributed by atoms with Crippen molar-refractivity contribution in [1.82, 2.24) is 0 Å². The maximum atomic E-state index is 11.8. The van der Waals surface area contributed by atoms with Gasteiger partial charge in [0.15, 0.2) is 0 Å². The summed E-state index contributed by atoms with van der Waals surface area (Å²) >= 11 is 0. The quantitative estimate of drug-likeness (QED) is 0.904. The van der Waals surface area contributed by atoms with Gasteiger partial charge in [-0.1, -0.05) is 25.1 Å². The van der Waals surface area contributed by atoms with Gasteiger partial charge in [-0.15, -0.1) is 0 Å². The van der Waals surface area contributed by atoms with E-state index in [0.717, 1.165) is 5.56 Å². The van der Waals surface area contributed by atoms with E-state index in [1.165, 1.54) is 6.92 Å². The summed E-state index contributed by atoms with van der Waals surface area (Å²) in [6.07, 6.45) is -0.518. The molecule has 1 aromatic carbocycles. The maximum Gasteiger partial charge on any atom is 0.412 e. The number of nitrogens with one attached hydrogen (secondary N) is 1. The highest BCUT2D eigenvalue weighted by Crippen LogP contribution is 2.25. The highest BCUT2D eigenvalue weighted by molar-refractivity contribution is 5.90. The summed E-state index contributed by atoms with van der Waals surface area (Å²) in [6.45, 7) is 8.76. The van der Waals surface area contributed by atoms with Crippen LogP contribution < -0.4 is 5.32 Å². The lowest BCUT2D eigenvalue weighted by Crippen LogP contribution is -2.27. The van der Waals surface area contributed by atoms with Crippen molar-refractivity contribution in [1.29, 1.82) is 0 Å². The van der Waals surface area contributed by atoms with Gasteiger partial charge in [-0.25, -0.2) is 4.79 Å². The first kappa shape index (κ1) is 15.2. The largest absolute Gasteiger partial charge is 0.444 e. The zero-order valence-corrected chi connectivity index (χ0v) is 12.1. The summed E-state index contributed by atoms with van der Waals surface area (Å²) in [6, 6.07) is 7.25. The Balaban J connectivity index is 2.90. The summed E-state index contributed by atoms with van der Waals surface area (Å²) in [4.78, 5) is 23.2. The minimum atomic E-state index is -0.550. The number of Topliss-reactive ketones (excluding diaryl/α,β-unsaturated/α-hetero) is 1. The van der Waals surface area contributed by atoms with Gasteiger partial charge in [0, 0.05) is 11.6 Å². The minimum absolute atomic E-state index is 0.0541. The van der Waals surface area contributed by atoms with E-state index in [1.807, 2.05) is 25.1 Å². The predicted octanol–water partition coefficient (Wildman–Crippen LogP) is 3.73. The second kappa shape index (κ2) is 5.87. The van der Waals surface area contributed by atoms with Gasteiger partial charge >= 0.3 is 6.09 Å². The lowest BCUT2D eigenvalue weighted by molar-refractivity contribution is -0.118. The summed E-state index contributed by atoms with van der Waals surface area (Å²) < 4.78 is 5.20. The highest BCUT2D eigenvalue weighted by atomic mass is 16.6. The number of carbonyl (C=O) groups excluding carboxylic acids is 2. The number of hydrogen-bond donors (Lipinski definition) is 1. The number of hydrogen-bond acceptors (Lipinski definition) is 3. The molecule has 0 fully saturated rings. The van der Waals surface area contributed by atoms with Crippen molar-refractivity contribution in [3.05, 3.63) is 29.8 Å². The zero-order chi connectivity index (χ0) is 14.6. The van der Waals surface area contributed by atoms with Gasteiger partial charge in [-0.05, 0) is 39.3 Å². The van der Waals surface area contributed by atoms with Crippen LogP contribution in [0, 0.1) is 0 Å². The van der Waals surface area contributed by atoms with E-state index < -0.39 is 11.7 Å². The molecule has 0 aliphatic heterocycles. The summed E-state index contributed by atoms with van der Waals surface area (Å²) in [5, 5.41) is 2.69. The molecule has 0 saturated carbocycles. The van der Waals surface area contributed by atoms with Crippen LogP contribution in [0.1, 0.15) is 46.1 Å². The minimum Gasteiger partial charge on any atom is -0.444 e. The lowest BCUT2D eigenvalue weighted by Gasteiger charge is -2.21. The van der Waals surface area contributed by atoms with E-state index in [2.05, 4.69) is 5.32 Å². The smallest absolute Gasteiger partial charge is 0.412 e. The Morgan fingerprint density at radius 3 is 2.32 bits per heavy atom. The van der Waals surface area contributed by atoms with E-state index in [9.17, 15) is 9.59 Å². The molecule has 0 heterocycles. The third-order valence-corrected chi connectivity index (χ3v) is 2.67. The number of ketones is 1. The number of amides is 1. The fourth-order valence-electron chi connectivity index (χ4n) is 1.62. The van der Waals surface area contributed by atoms with Crippen LogP contribution >= 0.6 is 0 Å². The van der Waals surface area contributed by atoms with Crippen molar-refractivity contribution in [2.45, 2.75) is 46.1 Å². The number of carbonyl (C=O) groups is 2. The van der Waals surface area contributed by atoms with Crippen LogP contribution in [0.4, 0.5) is 10.5 Å². The van der Waals surface area contributed by atoms with Crippen molar-refractivity contribution < 1.29 is 14.3 Å². The first-order chi connectivity index (χ1) is 8.70. The van der Waals surface area contributed by atoms with Crippen LogP contribution in [0.3, 0.4) is 0 Å². The summed E-state index contributed by atoms with van der Waals surface area (Å²) in [7, 11) is 0. The number of para-hydroxylation sites is 1. The third-order valence-electron chi connectivity index (χ3n) is 2.67. The molecule has 0 spiro atoms. The number of rotatable bonds is 3. The Morgan fingerprint density at radius 1 is 1.21 bits per heavy atom. The van der Waals surface area contributed by atoms with Gasteiger partial charge in [0.05, 0.1) is 0 Å². The van der Waals surface area contributed by atoms with E-state index in [1.54, 1.807) is 26.8 Å². The molecule has 0 aliphatic rings. The molecular formula is C15H21NO3. The second-order valence-corrected chi connectivity index (χ2v) is 5.55. The molecule has 1 N–H and O–H groups in total. The molecular weight excluding hydrogens is 242 g/mol. The van der Waals surface area contributed by atoms with Gasteiger partial charge in [0.25, 0.3) is 0 Å². The van der Waals surface area contributed by atoms with Crippen molar-refractivity contribution in [2.24, 2.45) is 0 Å². The first-order valence-corrected chi connectivity index (χ1v) is 6.30. The van der Waals surface area contributed by atoms with Gasteiger partial charge in [0.1, 0.15) is 11.4 Å². The van der Waals surface area contributed by atoms with E-state index in [-0.39, 0.29) is 11.7 Å². The fourth-order valence-corrected chi connectivity index (χ4v) is 1.62. The van der Waals surface area contributed by atoms with Gasteiger partial charge in [-0.3, -0.25) is 10.1 Å².